The van der Waals surface area contributed by atoms with Gasteiger partial charge in [0.1, 0.15) is 6.61 Å². The van der Waals surface area contributed by atoms with Crippen molar-refractivity contribution in [3.63, 3.8) is 0 Å². The fourth-order valence-electron chi connectivity index (χ4n) is 0.870. The summed E-state index contributed by atoms with van der Waals surface area (Å²) in [4.78, 5) is 15.5. The number of rotatable bonds is 5. The smallest absolute Gasteiger partial charge is 0.262 e. The molecule has 0 unspecified atom stereocenters. The van der Waals surface area contributed by atoms with Crippen LogP contribution >= 0.6 is 0 Å². The fourth-order valence-corrected chi connectivity index (χ4v) is 1.69. The Morgan fingerprint density at radius 3 is 2.53 bits per heavy atom. The average Bonchev–Trinajstić information content (AvgIpc) is 2.21. The second kappa shape index (κ2) is 5.17. The molecule has 0 radical (unpaired) electrons. The summed E-state index contributed by atoms with van der Waals surface area (Å²) in [5.74, 6) is -3.39. The van der Waals surface area contributed by atoms with Crippen molar-refractivity contribution in [1.29, 1.82) is 0 Å². The largest absolute Gasteiger partial charge is 0.368 e. The molecular formula is C8H8F2N2O4S. The molecule has 6 nitrogen and oxygen atoms in total. The van der Waals surface area contributed by atoms with E-state index in [4.69, 9.17) is 5.73 Å². The molecule has 0 heterocycles. The molecule has 0 saturated heterocycles. The number of nitrogens with one attached hydrogen (secondary N) is 1. The minimum atomic E-state index is -4.18. The van der Waals surface area contributed by atoms with Crippen LogP contribution in [0.5, 0.6) is 0 Å². The zero-order valence-corrected chi connectivity index (χ0v) is 9.13. The fraction of sp³-hybridized carbons (Fsp3) is 0.125. The van der Waals surface area contributed by atoms with Crippen molar-refractivity contribution in [2.45, 2.75) is 4.90 Å². The third kappa shape index (κ3) is 3.73. The summed E-state index contributed by atoms with van der Waals surface area (Å²) in [5, 5.41) is 0. The Balaban J connectivity index is 2.82. The summed E-state index contributed by atoms with van der Waals surface area (Å²) >= 11 is 0. The summed E-state index contributed by atoms with van der Waals surface area (Å²) in [6, 6.07) is 1.97. The maximum atomic E-state index is 12.8. The Morgan fingerprint density at radius 2 is 2.00 bits per heavy atom. The quantitative estimate of drug-likeness (QED) is 0.712. The third-order valence-electron chi connectivity index (χ3n) is 1.58. The minimum absolute atomic E-state index is 0.477. The van der Waals surface area contributed by atoms with E-state index >= 15 is 0 Å². The van der Waals surface area contributed by atoms with Crippen molar-refractivity contribution in [3.05, 3.63) is 29.8 Å². The number of hydrogen-bond acceptors (Lipinski definition) is 4. The Labute approximate surface area is 95.4 Å². The van der Waals surface area contributed by atoms with E-state index in [0.717, 1.165) is 6.07 Å². The van der Waals surface area contributed by atoms with E-state index in [1.54, 1.807) is 0 Å². The van der Waals surface area contributed by atoms with Crippen LogP contribution < -0.4 is 10.6 Å². The van der Waals surface area contributed by atoms with E-state index in [9.17, 15) is 22.0 Å². The number of sulfonamides is 1. The van der Waals surface area contributed by atoms with E-state index in [1.807, 2.05) is 0 Å². The number of halogens is 2. The maximum Gasteiger partial charge on any atom is 0.262 e. The summed E-state index contributed by atoms with van der Waals surface area (Å²) in [5.41, 5.74) is 4.70. The number of nitrogens with two attached hydrogens (primary N) is 1. The highest BCUT2D eigenvalue weighted by atomic mass is 32.2. The normalized spacial score (nSPS) is 11.4. The standard InChI is InChI=1S/C8H8F2N2O4S/c9-6-2-1-5(3-7(6)10)17(14,15)12-16-4-8(11)13/h1-3,12H,4H2,(H2,11,13). The Kier molecular flexibility index (Phi) is 4.10. The Morgan fingerprint density at radius 1 is 1.35 bits per heavy atom. The van der Waals surface area contributed by atoms with Crippen molar-refractivity contribution in [3.8, 4) is 0 Å². The third-order valence-corrected chi connectivity index (χ3v) is 2.80. The van der Waals surface area contributed by atoms with Gasteiger partial charge in [-0.05, 0) is 18.2 Å². The number of carbonyl (C=O) groups is 1. The lowest BCUT2D eigenvalue weighted by atomic mass is 10.3. The zero-order chi connectivity index (χ0) is 13.1. The van der Waals surface area contributed by atoms with E-state index in [1.165, 1.54) is 4.89 Å². The van der Waals surface area contributed by atoms with Crippen molar-refractivity contribution in [2.75, 3.05) is 6.61 Å². The van der Waals surface area contributed by atoms with Crippen LogP contribution in [0.2, 0.25) is 0 Å². The van der Waals surface area contributed by atoms with E-state index in [-0.39, 0.29) is 0 Å². The monoisotopic (exact) mass is 266 g/mol. The van der Waals surface area contributed by atoms with Gasteiger partial charge in [-0.1, -0.05) is 4.89 Å². The zero-order valence-electron chi connectivity index (χ0n) is 8.31. The highest BCUT2D eigenvalue weighted by Crippen LogP contribution is 2.13. The molecule has 9 heteroatoms. The SMILES string of the molecule is NC(=O)CONS(=O)(=O)c1ccc(F)c(F)c1. The van der Waals surface area contributed by atoms with Crippen LogP contribution in [0.4, 0.5) is 8.78 Å². The van der Waals surface area contributed by atoms with Crippen LogP contribution in [0.1, 0.15) is 0 Å². The molecule has 0 aromatic heterocycles. The summed E-state index contributed by atoms with van der Waals surface area (Å²) in [6.07, 6.45) is 0. The number of hydrogen-bond donors (Lipinski definition) is 2. The summed E-state index contributed by atoms with van der Waals surface area (Å²) in [7, 11) is -4.18. The lowest BCUT2D eigenvalue weighted by Gasteiger charge is -2.05. The molecule has 1 aromatic carbocycles. The number of benzene rings is 1. The van der Waals surface area contributed by atoms with Gasteiger partial charge in [-0.15, -0.1) is 0 Å². The maximum absolute atomic E-state index is 12.8. The molecule has 0 bridgehead atoms. The van der Waals surface area contributed by atoms with Gasteiger partial charge in [0.25, 0.3) is 10.0 Å². The molecule has 0 atom stereocenters. The molecule has 1 rings (SSSR count). The number of amides is 1. The van der Waals surface area contributed by atoms with E-state index in [0.29, 0.717) is 12.1 Å². The van der Waals surface area contributed by atoms with Gasteiger partial charge >= 0.3 is 0 Å². The van der Waals surface area contributed by atoms with E-state index < -0.39 is 39.1 Å². The van der Waals surface area contributed by atoms with Crippen molar-refractivity contribution < 1.29 is 26.8 Å². The van der Waals surface area contributed by atoms with Crippen LogP contribution in [0, 0.1) is 11.6 Å². The molecule has 17 heavy (non-hydrogen) atoms. The van der Waals surface area contributed by atoms with Gasteiger partial charge < -0.3 is 5.73 Å². The molecule has 1 amide bonds. The first kappa shape index (κ1) is 13.5. The predicted octanol–water partition coefficient (Wildman–Crippen LogP) is -0.340. The lowest BCUT2D eigenvalue weighted by molar-refractivity contribution is -0.123. The summed E-state index contributed by atoms with van der Waals surface area (Å²) in [6.45, 7) is -0.678. The van der Waals surface area contributed by atoms with Crippen molar-refractivity contribution in [1.82, 2.24) is 4.89 Å². The van der Waals surface area contributed by atoms with Crippen LogP contribution in [-0.4, -0.2) is 20.9 Å². The topological polar surface area (TPSA) is 98.5 Å². The molecule has 0 spiro atoms. The molecular weight excluding hydrogens is 258 g/mol. The first-order chi connectivity index (χ1) is 7.83. The van der Waals surface area contributed by atoms with Crippen LogP contribution in [-0.2, 0) is 19.7 Å². The molecule has 0 aliphatic rings. The predicted molar refractivity (Wildman–Crippen MR) is 51.8 cm³/mol. The second-order valence-electron chi connectivity index (χ2n) is 2.92. The van der Waals surface area contributed by atoms with Gasteiger partial charge in [0, 0.05) is 0 Å². The number of primary amides is 1. The van der Waals surface area contributed by atoms with Crippen molar-refractivity contribution >= 4 is 15.9 Å². The molecule has 1 aromatic rings. The van der Waals surface area contributed by atoms with Gasteiger partial charge in [-0.25, -0.2) is 17.2 Å². The molecule has 0 aliphatic heterocycles. The molecule has 0 saturated carbocycles. The molecule has 0 aliphatic carbocycles. The number of carbonyl (C=O) groups excluding carboxylic acids is 1. The first-order valence-electron chi connectivity index (χ1n) is 4.20. The van der Waals surface area contributed by atoms with Crippen LogP contribution in [0.15, 0.2) is 23.1 Å². The second-order valence-corrected chi connectivity index (χ2v) is 4.56. The Hall–Kier alpha value is -1.58. The van der Waals surface area contributed by atoms with Gasteiger partial charge in [0.15, 0.2) is 11.6 Å². The highest BCUT2D eigenvalue weighted by Gasteiger charge is 2.16. The summed E-state index contributed by atoms with van der Waals surface area (Å²) < 4.78 is 48.1. The highest BCUT2D eigenvalue weighted by molar-refractivity contribution is 7.89. The van der Waals surface area contributed by atoms with E-state index in [2.05, 4.69) is 4.84 Å². The average molecular weight is 266 g/mol. The van der Waals surface area contributed by atoms with Crippen LogP contribution in [0.25, 0.3) is 0 Å². The van der Waals surface area contributed by atoms with Gasteiger partial charge in [-0.2, -0.15) is 0 Å². The molecule has 3 N–H and O–H groups in total. The van der Waals surface area contributed by atoms with Crippen molar-refractivity contribution in [2.24, 2.45) is 5.73 Å². The lowest BCUT2D eigenvalue weighted by Crippen LogP contribution is -2.29. The first-order valence-corrected chi connectivity index (χ1v) is 5.68. The van der Waals surface area contributed by atoms with Gasteiger partial charge in [-0.3, -0.25) is 9.63 Å². The molecule has 0 fully saturated rings. The van der Waals surface area contributed by atoms with Gasteiger partial charge in [0.2, 0.25) is 5.91 Å². The molecule has 94 valence electrons. The Bertz CT molecular complexity index is 532. The van der Waals surface area contributed by atoms with Gasteiger partial charge in [0.05, 0.1) is 4.90 Å². The van der Waals surface area contributed by atoms with Crippen LogP contribution in [0.3, 0.4) is 0 Å². The minimum Gasteiger partial charge on any atom is -0.368 e.